The summed E-state index contributed by atoms with van der Waals surface area (Å²) in [4.78, 5) is 10.8. The first kappa shape index (κ1) is 15.4. The van der Waals surface area contributed by atoms with Crippen LogP contribution in [-0.2, 0) is 0 Å². The van der Waals surface area contributed by atoms with Gasteiger partial charge in [-0.15, -0.1) is 0 Å². The molecule has 1 aromatic heterocycles. The Bertz CT molecular complexity index is 632. The number of hydrogen-bond donors (Lipinski definition) is 2. The molecule has 0 spiro atoms. The second kappa shape index (κ2) is 7.64. The quantitative estimate of drug-likeness (QED) is 0.771. The Morgan fingerprint density at radius 3 is 2.61 bits per heavy atom. The summed E-state index contributed by atoms with van der Waals surface area (Å²) < 4.78 is 11.2. The second-order valence-electron chi connectivity index (χ2n) is 5.09. The van der Waals surface area contributed by atoms with Gasteiger partial charge in [-0.05, 0) is 12.1 Å². The SMILES string of the molecule is Oc1ccccc1OCCOc1nccnc1N1CCNCC1. The lowest BCUT2D eigenvalue weighted by Gasteiger charge is -2.28. The topological polar surface area (TPSA) is 79.7 Å². The third kappa shape index (κ3) is 4.01. The Balaban J connectivity index is 1.55. The standard InChI is InChI=1S/C16H20N4O3/c21-13-3-1-2-4-14(13)22-11-12-23-16-15(18-5-6-19-16)20-9-7-17-8-10-20/h1-6,17,21H,7-12H2. The summed E-state index contributed by atoms with van der Waals surface area (Å²) in [6, 6.07) is 6.85. The van der Waals surface area contributed by atoms with Gasteiger partial charge in [-0.3, -0.25) is 0 Å². The number of benzene rings is 1. The Morgan fingerprint density at radius 2 is 1.78 bits per heavy atom. The fourth-order valence-electron chi connectivity index (χ4n) is 2.38. The summed E-state index contributed by atoms with van der Waals surface area (Å²) in [7, 11) is 0. The molecule has 1 aliphatic rings. The molecule has 23 heavy (non-hydrogen) atoms. The van der Waals surface area contributed by atoms with Gasteiger partial charge in [0.25, 0.3) is 5.88 Å². The van der Waals surface area contributed by atoms with Crippen LogP contribution in [0.2, 0.25) is 0 Å². The molecule has 0 amide bonds. The Morgan fingerprint density at radius 1 is 1.04 bits per heavy atom. The van der Waals surface area contributed by atoms with Crippen molar-refractivity contribution in [2.75, 3.05) is 44.3 Å². The Labute approximate surface area is 134 Å². The average molecular weight is 316 g/mol. The first-order chi connectivity index (χ1) is 11.3. The van der Waals surface area contributed by atoms with E-state index in [1.165, 1.54) is 0 Å². The van der Waals surface area contributed by atoms with Crippen LogP contribution in [0.5, 0.6) is 17.4 Å². The number of ether oxygens (including phenoxy) is 2. The zero-order valence-corrected chi connectivity index (χ0v) is 12.8. The summed E-state index contributed by atoms with van der Waals surface area (Å²) in [6.07, 6.45) is 3.29. The van der Waals surface area contributed by atoms with E-state index in [0.717, 1.165) is 32.0 Å². The molecule has 0 unspecified atom stereocenters. The van der Waals surface area contributed by atoms with Crippen LogP contribution in [0.1, 0.15) is 0 Å². The molecule has 122 valence electrons. The lowest BCUT2D eigenvalue weighted by molar-refractivity contribution is 0.207. The maximum Gasteiger partial charge on any atom is 0.257 e. The fourth-order valence-corrected chi connectivity index (χ4v) is 2.38. The van der Waals surface area contributed by atoms with Crippen LogP contribution < -0.4 is 19.7 Å². The normalized spacial score (nSPS) is 14.5. The highest BCUT2D eigenvalue weighted by Crippen LogP contribution is 2.25. The van der Waals surface area contributed by atoms with Gasteiger partial charge in [-0.2, -0.15) is 0 Å². The smallest absolute Gasteiger partial charge is 0.257 e. The van der Waals surface area contributed by atoms with Gasteiger partial charge < -0.3 is 24.8 Å². The monoisotopic (exact) mass is 316 g/mol. The minimum atomic E-state index is 0.119. The molecule has 1 aromatic carbocycles. The third-order valence-electron chi connectivity index (χ3n) is 3.51. The number of phenols is 1. The number of nitrogens with zero attached hydrogens (tertiary/aromatic N) is 3. The van der Waals surface area contributed by atoms with Crippen LogP contribution in [0.4, 0.5) is 5.82 Å². The van der Waals surface area contributed by atoms with Gasteiger partial charge in [0.1, 0.15) is 13.2 Å². The third-order valence-corrected chi connectivity index (χ3v) is 3.51. The molecular weight excluding hydrogens is 296 g/mol. The molecule has 0 saturated carbocycles. The highest BCUT2D eigenvalue weighted by Gasteiger charge is 2.17. The highest BCUT2D eigenvalue weighted by atomic mass is 16.5. The van der Waals surface area contributed by atoms with E-state index in [-0.39, 0.29) is 5.75 Å². The molecule has 1 saturated heterocycles. The van der Waals surface area contributed by atoms with Crippen molar-refractivity contribution >= 4 is 5.82 Å². The van der Waals surface area contributed by atoms with E-state index in [1.807, 2.05) is 0 Å². The molecule has 1 aliphatic heterocycles. The number of aromatic nitrogens is 2. The molecule has 3 rings (SSSR count). The van der Waals surface area contributed by atoms with E-state index in [9.17, 15) is 5.11 Å². The largest absolute Gasteiger partial charge is 0.504 e. The van der Waals surface area contributed by atoms with Crippen molar-refractivity contribution < 1.29 is 14.6 Å². The van der Waals surface area contributed by atoms with Crippen molar-refractivity contribution in [3.05, 3.63) is 36.7 Å². The Hall–Kier alpha value is -2.54. The van der Waals surface area contributed by atoms with Crippen molar-refractivity contribution in [1.29, 1.82) is 0 Å². The van der Waals surface area contributed by atoms with Gasteiger partial charge in [0.15, 0.2) is 17.3 Å². The van der Waals surface area contributed by atoms with E-state index < -0.39 is 0 Å². The molecule has 0 radical (unpaired) electrons. The molecule has 2 heterocycles. The van der Waals surface area contributed by atoms with Gasteiger partial charge in [0, 0.05) is 38.6 Å². The molecule has 1 fully saturated rings. The number of rotatable bonds is 6. The maximum absolute atomic E-state index is 9.64. The number of piperazine rings is 1. The first-order valence-corrected chi connectivity index (χ1v) is 7.65. The van der Waals surface area contributed by atoms with Crippen LogP contribution in [0.25, 0.3) is 0 Å². The summed E-state index contributed by atoms with van der Waals surface area (Å²) in [5, 5.41) is 12.9. The second-order valence-corrected chi connectivity index (χ2v) is 5.09. The minimum absolute atomic E-state index is 0.119. The van der Waals surface area contributed by atoms with Gasteiger partial charge in [0.05, 0.1) is 0 Å². The van der Waals surface area contributed by atoms with Crippen molar-refractivity contribution in [2.45, 2.75) is 0 Å². The highest BCUT2D eigenvalue weighted by molar-refractivity contribution is 5.48. The van der Waals surface area contributed by atoms with E-state index in [1.54, 1.807) is 36.7 Å². The molecule has 7 nitrogen and oxygen atoms in total. The van der Waals surface area contributed by atoms with Crippen LogP contribution in [0.3, 0.4) is 0 Å². The number of anilines is 1. The summed E-state index contributed by atoms with van der Waals surface area (Å²) in [5.41, 5.74) is 0. The van der Waals surface area contributed by atoms with E-state index in [4.69, 9.17) is 9.47 Å². The molecule has 0 aliphatic carbocycles. The summed E-state index contributed by atoms with van der Waals surface area (Å²) in [6.45, 7) is 4.24. The van der Waals surface area contributed by atoms with Crippen LogP contribution in [0, 0.1) is 0 Å². The zero-order chi connectivity index (χ0) is 15.9. The summed E-state index contributed by atoms with van der Waals surface area (Å²) >= 11 is 0. The van der Waals surface area contributed by atoms with Gasteiger partial charge in [0.2, 0.25) is 0 Å². The van der Waals surface area contributed by atoms with Crippen molar-refractivity contribution in [3.8, 4) is 17.4 Å². The molecule has 0 atom stereocenters. The molecule has 2 N–H and O–H groups in total. The van der Waals surface area contributed by atoms with Crippen molar-refractivity contribution in [3.63, 3.8) is 0 Å². The maximum atomic E-state index is 9.64. The Kier molecular flexibility index (Phi) is 5.10. The van der Waals surface area contributed by atoms with Gasteiger partial charge in [-0.25, -0.2) is 9.97 Å². The predicted octanol–water partition coefficient (Wildman–Crippen LogP) is 1.05. The van der Waals surface area contributed by atoms with E-state index in [2.05, 4.69) is 20.2 Å². The molecule has 2 aromatic rings. The van der Waals surface area contributed by atoms with Gasteiger partial charge in [-0.1, -0.05) is 12.1 Å². The van der Waals surface area contributed by atoms with E-state index >= 15 is 0 Å². The lowest BCUT2D eigenvalue weighted by Crippen LogP contribution is -2.44. The number of phenolic OH excluding ortho intramolecular Hbond substituents is 1. The van der Waals surface area contributed by atoms with Crippen molar-refractivity contribution in [1.82, 2.24) is 15.3 Å². The minimum Gasteiger partial charge on any atom is -0.504 e. The van der Waals surface area contributed by atoms with Crippen LogP contribution in [-0.4, -0.2) is 54.5 Å². The number of hydrogen-bond acceptors (Lipinski definition) is 7. The molecule has 0 bridgehead atoms. The number of nitrogens with one attached hydrogen (secondary N) is 1. The predicted molar refractivity (Wildman–Crippen MR) is 86.2 cm³/mol. The number of para-hydroxylation sites is 2. The first-order valence-electron chi connectivity index (χ1n) is 7.65. The fraction of sp³-hybridized carbons (Fsp3) is 0.375. The van der Waals surface area contributed by atoms with Crippen LogP contribution in [0.15, 0.2) is 36.7 Å². The zero-order valence-electron chi connectivity index (χ0n) is 12.8. The van der Waals surface area contributed by atoms with Crippen LogP contribution >= 0.6 is 0 Å². The number of aromatic hydroxyl groups is 1. The van der Waals surface area contributed by atoms with Gasteiger partial charge >= 0.3 is 0 Å². The van der Waals surface area contributed by atoms with E-state index in [0.29, 0.717) is 24.8 Å². The average Bonchev–Trinajstić information content (AvgIpc) is 2.61. The van der Waals surface area contributed by atoms with Crippen molar-refractivity contribution in [2.24, 2.45) is 0 Å². The molecule has 7 heteroatoms. The summed E-state index contributed by atoms with van der Waals surface area (Å²) in [5.74, 6) is 1.83. The lowest BCUT2D eigenvalue weighted by atomic mass is 10.3. The molecular formula is C16H20N4O3.